The Kier molecular flexibility index (Phi) is 4.48. The van der Waals surface area contributed by atoms with E-state index in [1.807, 2.05) is 20.8 Å². The summed E-state index contributed by atoms with van der Waals surface area (Å²) in [7, 11) is 0. The molecule has 0 atom stereocenters. The van der Waals surface area contributed by atoms with E-state index in [9.17, 15) is 4.79 Å². The Balaban J connectivity index is 2.37. The topological polar surface area (TPSA) is 79.9 Å². The van der Waals surface area contributed by atoms with Crippen LogP contribution in [0.1, 0.15) is 45.8 Å². The Hall–Kier alpha value is -1.59. The van der Waals surface area contributed by atoms with Crippen molar-refractivity contribution < 1.29 is 9.53 Å². The molecule has 0 saturated heterocycles. The summed E-state index contributed by atoms with van der Waals surface area (Å²) >= 11 is 0. The lowest BCUT2D eigenvalue weighted by molar-refractivity contribution is 0.0522. The van der Waals surface area contributed by atoms with Crippen molar-refractivity contribution in [1.29, 1.82) is 0 Å². The molecule has 6 nitrogen and oxygen atoms in total. The fourth-order valence-corrected chi connectivity index (χ4v) is 1.22. The lowest BCUT2D eigenvalue weighted by Crippen LogP contribution is -2.32. The highest BCUT2D eigenvalue weighted by molar-refractivity contribution is 5.67. The van der Waals surface area contributed by atoms with Crippen molar-refractivity contribution in [1.82, 2.24) is 20.5 Å². The van der Waals surface area contributed by atoms with Gasteiger partial charge in [-0.1, -0.05) is 6.92 Å². The minimum Gasteiger partial charge on any atom is -0.444 e. The zero-order valence-electron chi connectivity index (χ0n) is 10.8. The zero-order chi connectivity index (χ0) is 12.9. The van der Waals surface area contributed by atoms with Crippen molar-refractivity contribution in [3.05, 3.63) is 11.6 Å². The van der Waals surface area contributed by atoms with Crippen LogP contribution in [0.4, 0.5) is 4.79 Å². The quantitative estimate of drug-likeness (QED) is 0.840. The van der Waals surface area contributed by atoms with Gasteiger partial charge in [-0.3, -0.25) is 5.10 Å². The minimum atomic E-state index is -0.487. The largest absolute Gasteiger partial charge is 0.444 e. The van der Waals surface area contributed by atoms with E-state index in [1.54, 1.807) is 0 Å². The summed E-state index contributed by atoms with van der Waals surface area (Å²) in [4.78, 5) is 15.6. The van der Waals surface area contributed by atoms with Crippen molar-refractivity contribution in [2.24, 2.45) is 0 Å². The molecule has 1 aromatic rings. The van der Waals surface area contributed by atoms with Crippen LogP contribution >= 0.6 is 0 Å². The molecule has 0 radical (unpaired) electrons. The first-order valence-electron chi connectivity index (χ1n) is 5.77. The van der Waals surface area contributed by atoms with E-state index in [1.165, 1.54) is 0 Å². The van der Waals surface area contributed by atoms with Crippen LogP contribution in [0.5, 0.6) is 0 Å². The average molecular weight is 240 g/mol. The van der Waals surface area contributed by atoms with Gasteiger partial charge in [0, 0.05) is 6.42 Å². The molecule has 0 aromatic carbocycles. The molecule has 1 amide bonds. The Morgan fingerprint density at radius 1 is 1.47 bits per heavy atom. The van der Waals surface area contributed by atoms with Gasteiger partial charge < -0.3 is 10.1 Å². The van der Waals surface area contributed by atoms with Crippen LogP contribution in [0.25, 0.3) is 0 Å². The maximum atomic E-state index is 11.4. The van der Waals surface area contributed by atoms with E-state index in [0.717, 1.165) is 18.7 Å². The zero-order valence-corrected chi connectivity index (χ0v) is 10.8. The highest BCUT2D eigenvalue weighted by Gasteiger charge is 2.16. The van der Waals surface area contributed by atoms with Crippen molar-refractivity contribution in [2.75, 3.05) is 0 Å². The van der Waals surface area contributed by atoms with Crippen LogP contribution in [0.3, 0.4) is 0 Å². The highest BCUT2D eigenvalue weighted by atomic mass is 16.6. The number of aromatic amines is 1. The summed E-state index contributed by atoms with van der Waals surface area (Å²) in [5, 5.41) is 9.42. The molecule has 0 bridgehead atoms. The van der Waals surface area contributed by atoms with Crippen LogP contribution in [-0.4, -0.2) is 26.9 Å². The van der Waals surface area contributed by atoms with Crippen LogP contribution in [0.2, 0.25) is 0 Å². The molecule has 0 aliphatic heterocycles. The molecule has 0 spiro atoms. The molecular weight excluding hydrogens is 220 g/mol. The molecule has 0 saturated carbocycles. The Morgan fingerprint density at radius 3 is 2.76 bits per heavy atom. The summed E-state index contributed by atoms with van der Waals surface area (Å²) < 4.78 is 5.10. The number of carbonyl (C=O) groups excluding carboxylic acids is 1. The van der Waals surface area contributed by atoms with Crippen molar-refractivity contribution >= 4 is 6.09 Å². The number of rotatable bonds is 4. The van der Waals surface area contributed by atoms with Gasteiger partial charge in [0.25, 0.3) is 0 Å². The second kappa shape index (κ2) is 5.65. The number of hydrogen-bond acceptors (Lipinski definition) is 4. The molecule has 1 aromatic heterocycles. The smallest absolute Gasteiger partial charge is 0.408 e. The molecule has 1 rings (SSSR count). The van der Waals surface area contributed by atoms with E-state index in [2.05, 4.69) is 27.4 Å². The van der Waals surface area contributed by atoms with E-state index in [0.29, 0.717) is 12.4 Å². The summed E-state index contributed by atoms with van der Waals surface area (Å²) in [6.45, 7) is 7.82. The molecule has 2 N–H and O–H groups in total. The van der Waals surface area contributed by atoms with Crippen LogP contribution < -0.4 is 5.32 Å². The van der Waals surface area contributed by atoms with Crippen molar-refractivity contribution in [3.63, 3.8) is 0 Å². The van der Waals surface area contributed by atoms with Gasteiger partial charge in [0.2, 0.25) is 0 Å². The minimum absolute atomic E-state index is 0.297. The third kappa shape index (κ3) is 5.33. The lowest BCUT2D eigenvalue weighted by atomic mass is 10.2. The standard InChI is InChI=1S/C11H20N4O2/c1-5-6-8-13-9(15-14-8)7-12-10(16)17-11(2,3)4/h5-7H2,1-4H3,(H,12,16)(H,13,14,15). The number of carbonyl (C=O) groups is 1. The molecule has 0 unspecified atom stereocenters. The van der Waals surface area contributed by atoms with Crippen molar-refractivity contribution in [2.45, 2.75) is 52.7 Å². The summed E-state index contributed by atoms with van der Waals surface area (Å²) in [6, 6.07) is 0. The normalized spacial score (nSPS) is 11.3. The fourth-order valence-electron chi connectivity index (χ4n) is 1.22. The van der Waals surface area contributed by atoms with Gasteiger partial charge in [-0.05, 0) is 27.2 Å². The molecule has 0 fully saturated rings. The maximum absolute atomic E-state index is 11.4. The number of aromatic nitrogens is 3. The number of ether oxygens (including phenoxy) is 1. The van der Waals surface area contributed by atoms with Gasteiger partial charge in [0.05, 0.1) is 6.54 Å². The third-order valence-corrected chi connectivity index (χ3v) is 1.85. The fraction of sp³-hybridized carbons (Fsp3) is 0.727. The van der Waals surface area contributed by atoms with E-state index < -0.39 is 11.7 Å². The first-order chi connectivity index (χ1) is 7.90. The second-order valence-electron chi connectivity index (χ2n) is 4.80. The number of H-pyrrole nitrogens is 1. The molecule has 6 heteroatoms. The number of nitrogens with zero attached hydrogens (tertiary/aromatic N) is 2. The SMILES string of the molecule is CCCc1n[nH]c(CNC(=O)OC(C)(C)C)n1. The Bertz CT molecular complexity index is 368. The van der Waals surface area contributed by atoms with Crippen LogP contribution in [0.15, 0.2) is 0 Å². The monoisotopic (exact) mass is 240 g/mol. The highest BCUT2D eigenvalue weighted by Crippen LogP contribution is 2.06. The van der Waals surface area contributed by atoms with Crippen LogP contribution in [0, 0.1) is 0 Å². The van der Waals surface area contributed by atoms with Crippen molar-refractivity contribution in [3.8, 4) is 0 Å². The molecule has 0 aliphatic rings. The first-order valence-corrected chi connectivity index (χ1v) is 5.77. The van der Waals surface area contributed by atoms with Gasteiger partial charge in [-0.25, -0.2) is 9.78 Å². The second-order valence-corrected chi connectivity index (χ2v) is 4.80. The van der Waals surface area contributed by atoms with Gasteiger partial charge in [0.1, 0.15) is 11.4 Å². The number of nitrogens with one attached hydrogen (secondary N) is 2. The summed E-state index contributed by atoms with van der Waals surface area (Å²) in [5.74, 6) is 1.41. The van der Waals surface area contributed by atoms with Gasteiger partial charge in [-0.2, -0.15) is 5.10 Å². The molecule has 17 heavy (non-hydrogen) atoms. The van der Waals surface area contributed by atoms with Gasteiger partial charge in [-0.15, -0.1) is 0 Å². The molecule has 1 heterocycles. The first kappa shape index (κ1) is 13.5. The predicted molar refractivity (Wildman–Crippen MR) is 63.5 cm³/mol. The molecular formula is C11H20N4O2. The van der Waals surface area contributed by atoms with Gasteiger partial charge in [0.15, 0.2) is 5.82 Å². The molecule has 96 valence electrons. The van der Waals surface area contributed by atoms with E-state index in [4.69, 9.17) is 4.74 Å². The van der Waals surface area contributed by atoms with E-state index >= 15 is 0 Å². The Morgan fingerprint density at radius 2 is 2.18 bits per heavy atom. The summed E-state index contributed by atoms with van der Waals surface area (Å²) in [6.07, 6.45) is 1.38. The average Bonchev–Trinajstić information content (AvgIpc) is 2.61. The van der Waals surface area contributed by atoms with Crippen LogP contribution in [-0.2, 0) is 17.7 Å². The van der Waals surface area contributed by atoms with Gasteiger partial charge >= 0.3 is 6.09 Å². The number of amides is 1. The number of alkyl carbamates (subject to hydrolysis) is 1. The Labute approximate surface area is 101 Å². The number of hydrogen-bond donors (Lipinski definition) is 2. The molecule has 0 aliphatic carbocycles. The van der Waals surface area contributed by atoms with E-state index in [-0.39, 0.29) is 0 Å². The maximum Gasteiger partial charge on any atom is 0.408 e. The third-order valence-electron chi connectivity index (χ3n) is 1.85. The lowest BCUT2D eigenvalue weighted by Gasteiger charge is -2.19. The predicted octanol–water partition coefficient (Wildman–Crippen LogP) is 1.78. The summed E-state index contributed by atoms with van der Waals surface area (Å²) in [5.41, 5.74) is -0.487. The number of aryl methyl sites for hydroxylation is 1.